The van der Waals surface area contributed by atoms with E-state index in [4.69, 9.17) is 4.74 Å². The maximum Gasteiger partial charge on any atom is 0.328 e. The molecule has 0 aliphatic carbocycles. The predicted molar refractivity (Wildman–Crippen MR) is 71.9 cm³/mol. The van der Waals surface area contributed by atoms with Gasteiger partial charge in [-0.25, -0.2) is 4.79 Å². The van der Waals surface area contributed by atoms with Crippen molar-refractivity contribution in [2.24, 2.45) is 0 Å². The number of methoxy groups -OCH3 is 1. The van der Waals surface area contributed by atoms with E-state index in [1.165, 1.54) is 12.0 Å². The number of rotatable bonds is 4. The van der Waals surface area contributed by atoms with Crippen LogP contribution in [0.3, 0.4) is 0 Å². The summed E-state index contributed by atoms with van der Waals surface area (Å²) >= 11 is 0. The highest BCUT2D eigenvalue weighted by Crippen LogP contribution is 2.20. The maximum atomic E-state index is 12.3. The van der Waals surface area contributed by atoms with Crippen LogP contribution >= 0.6 is 0 Å². The number of hydrogen-bond donors (Lipinski definition) is 0. The standard InChI is InChI=1S/C14H20N2O5/c1-21-14(20)10-4-2-3-8-15(10)13(19)7-9-16-11(17)5-6-12(16)18/h10H,2-9H2,1H3/t10-/m1/s1. The Hall–Kier alpha value is -1.92. The zero-order valence-corrected chi connectivity index (χ0v) is 12.2. The Labute approximate surface area is 123 Å². The maximum absolute atomic E-state index is 12.3. The third-order valence-electron chi connectivity index (χ3n) is 4.00. The van der Waals surface area contributed by atoms with E-state index in [1.807, 2.05) is 0 Å². The molecule has 116 valence electrons. The highest BCUT2D eigenvalue weighted by molar-refractivity contribution is 6.02. The minimum atomic E-state index is -0.541. The van der Waals surface area contributed by atoms with Crippen LogP contribution < -0.4 is 0 Å². The van der Waals surface area contributed by atoms with Gasteiger partial charge in [0.25, 0.3) is 0 Å². The summed E-state index contributed by atoms with van der Waals surface area (Å²) in [5.41, 5.74) is 0. The lowest BCUT2D eigenvalue weighted by Gasteiger charge is -2.34. The number of carbonyl (C=O) groups is 4. The summed E-state index contributed by atoms with van der Waals surface area (Å²) in [5, 5.41) is 0. The van der Waals surface area contributed by atoms with Gasteiger partial charge >= 0.3 is 5.97 Å². The van der Waals surface area contributed by atoms with Crippen LogP contribution in [0.25, 0.3) is 0 Å². The number of carbonyl (C=O) groups excluding carboxylic acids is 4. The molecule has 0 aromatic carbocycles. The summed E-state index contributed by atoms with van der Waals surface area (Å²) in [6.07, 6.45) is 2.83. The summed E-state index contributed by atoms with van der Waals surface area (Å²) in [5.74, 6) is -1.07. The summed E-state index contributed by atoms with van der Waals surface area (Å²) in [7, 11) is 1.31. The lowest BCUT2D eigenvalue weighted by molar-refractivity contribution is -0.155. The van der Waals surface area contributed by atoms with Crippen LogP contribution in [0, 0.1) is 0 Å². The van der Waals surface area contributed by atoms with Gasteiger partial charge in [-0.2, -0.15) is 0 Å². The van der Waals surface area contributed by atoms with Crippen LogP contribution in [0.2, 0.25) is 0 Å². The molecule has 0 aromatic heterocycles. The molecule has 1 atom stereocenters. The van der Waals surface area contributed by atoms with Crippen molar-refractivity contribution in [3.63, 3.8) is 0 Å². The van der Waals surface area contributed by atoms with Gasteiger partial charge in [-0.1, -0.05) is 0 Å². The van der Waals surface area contributed by atoms with Gasteiger partial charge in [-0.15, -0.1) is 0 Å². The molecule has 0 spiro atoms. The van der Waals surface area contributed by atoms with Gasteiger partial charge in [0.1, 0.15) is 6.04 Å². The number of nitrogens with zero attached hydrogens (tertiary/aromatic N) is 2. The molecule has 2 fully saturated rings. The van der Waals surface area contributed by atoms with Crippen molar-refractivity contribution in [1.29, 1.82) is 0 Å². The number of amides is 3. The number of esters is 1. The normalized spacial score (nSPS) is 22.6. The molecule has 2 saturated heterocycles. The molecule has 2 aliphatic rings. The van der Waals surface area contributed by atoms with Crippen LogP contribution in [-0.2, 0) is 23.9 Å². The molecule has 2 heterocycles. The van der Waals surface area contributed by atoms with Gasteiger partial charge in [0.05, 0.1) is 7.11 Å². The number of ether oxygens (including phenoxy) is 1. The second-order valence-corrected chi connectivity index (χ2v) is 5.31. The minimum Gasteiger partial charge on any atom is -0.467 e. The van der Waals surface area contributed by atoms with E-state index < -0.39 is 12.0 Å². The van der Waals surface area contributed by atoms with E-state index in [1.54, 1.807) is 0 Å². The van der Waals surface area contributed by atoms with Gasteiger partial charge in [-0.05, 0) is 19.3 Å². The van der Waals surface area contributed by atoms with Gasteiger partial charge in [0.15, 0.2) is 0 Å². The van der Waals surface area contributed by atoms with E-state index in [-0.39, 0.29) is 43.5 Å². The zero-order chi connectivity index (χ0) is 15.4. The third-order valence-corrected chi connectivity index (χ3v) is 4.00. The molecule has 2 aliphatic heterocycles. The largest absolute Gasteiger partial charge is 0.467 e. The Kier molecular flexibility index (Phi) is 4.93. The lowest BCUT2D eigenvalue weighted by Crippen LogP contribution is -2.49. The van der Waals surface area contributed by atoms with Crippen LogP contribution in [-0.4, -0.2) is 59.7 Å². The summed E-state index contributed by atoms with van der Waals surface area (Å²) in [6.45, 7) is 0.612. The molecule has 7 heteroatoms. The first-order chi connectivity index (χ1) is 10.0. The average molecular weight is 296 g/mol. The Morgan fingerprint density at radius 1 is 1.19 bits per heavy atom. The monoisotopic (exact) mass is 296 g/mol. The van der Waals surface area contributed by atoms with Crippen molar-refractivity contribution in [2.75, 3.05) is 20.2 Å². The van der Waals surface area contributed by atoms with E-state index in [0.717, 1.165) is 17.7 Å². The quantitative estimate of drug-likeness (QED) is 0.542. The SMILES string of the molecule is COC(=O)[C@H]1CCCCN1C(=O)CCN1C(=O)CCC1=O. The van der Waals surface area contributed by atoms with Crippen molar-refractivity contribution in [2.45, 2.75) is 44.6 Å². The number of hydrogen-bond acceptors (Lipinski definition) is 5. The van der Waals surface area contributed by atoms with Crippen molar-refractivity contribution in [1.82, 2.24) is 9.80 Å². The van der Waals surface area contributed by atoms with Crippen molar-refractivity contribution in [3.8, 4) is 0 Å². The fourth-order valence-corrected chi connectivity index (χ4v) is 2.83. The number of piperidine rings is 1. The molecule has 0 bridgehead atoms. The Bertz CT molecular complexity index is 446. The predicted octanol–water partition coefficient (Wildman–Crippen LogP) is 0.0796. The Balaban J connectivity index is 1.93. The molecular weight excluding hydrogens is 276 g/mol. The first-order valence-electron chi connectivity index (χ1n) is 7.25. The first-order valence-corrected chi connectivity index (χ1v) is 7.25. The van der Waals surface area contributed by atoms with Crippen LogP contribution in [0.15, 0.2) is 0 Å². The minimum absolute atomic E-state index is 0.0605. The lowest BCUT2D eigenvalue weighted by atomic mass is 10.0. The fourth-order valence-electron chi connectivity index (χ4n) is 2.83. The molecule has 2 rings (SSSR count). The highest BCUT2D eigenvalue weighted by atomic mass is 16.5. The van der Waals surface area contributed by atoms with E-state index in [2.05, 4.69) is 0 Å². The second kappa shape index (κ2) is 6.69. The Morgan fingerprint density at radius 2 is 1.86 bits per heavy atom. The molecule has 21 heavy (non-hydrogen) atoms. The first kappa shape index (κ1) is 15.5. The second-order valence-electron chi connectivity index (χ2n) is 5.31. The van der Waals surface area contributed by atoms with E-state index in [0.29, 0.717) is 13.0 Å². The molecule has 0 N–H and O–H groups in total. The van der Waals surface area contributed by atoms with E-state index >= 15 is 0 Å². The molecule has 0 unspecified atom stereocenters. The van der Waals surface area contributed by atoms with Gasteiger partial charge in [0.2, 0.25) is 17.7 Å². The molecule has 0 saturated carbocycles. The van der Waals surface area contributed by atoms with Crippen LogP contribution in [0.1, 0.15) is 38.5 Å². The Morgan fingerprint density at radius 3 is 2.48 bits per heavy atom. The topological polar surface area (TPSA) is 84.0 Å². The molecule has 7 nitrogen and oxygen atoms in total. The number of likely N-dealkylation sites (tertiary alicyclic amines) is 2. The van der Waals surface area contributed by atoms with Crippen LogP contribution in [0.5, 0.6) is 0 Å². The summed E-state index contributed by atoms with van der Waals surface area (Å²) in [4.78, 5) is 49.6. The highest BCUT2D eigenvalue weighted by Gasteiger charge is 2.34. The van der Waals surface area contributed by atoms with Crippen molar-refractivity contribution >= 4 is 23.7 Å². The molecule has 0 radical (unpaired) electrons. The third kappa shape index (κ3) is 3.40. The fraction of sp³-hybridized carbons (Fsp3) is 0.714. The van der Waals surface area contributed by atoms with Crippen molar-refractivity contribution in [3.05, 3.63) is 0 Å². The van der Waals surface area contributed by atoms with Gasteiger partial charge in [-0.3, -0.25) is 19.3 Å². The summed E-state index contributed by atoms with van der Waals surface area (Å²) < 4.78 is 4.73. The number of imide groups is 1. The van der Waals surface area contributed by atoms with E-state index in [9.17, 15) is 19.2 Å². The smallest absolute Gasteiger partial charge is 0.328 e. The average Bonchev–Trinajstić information content (AvgIpc) is 2.82. The molecule has 3 amide bonds. The van der Waals surface area contributed by atoms with Gasteiger partial charge < -0.3 is 9.64 Å². The van der Waals surface area contributed by atoms with Gasteiger partial charge in [0, 0.05) is 32.4 Å². The molecule has 0 aromatic rings. The van der Waals surface area contributed by atoms with Crippen LogP contribution in [0.4, 0.5) is 0 Å². The zero-order valence-electron chi connectivity index (χ0n) is 12.2. The molecular formula is C14H20N2O5. The van der Waals surface area contributed by atoms with Crippen molar-refractivity contribution < 1.29 is 23.9 Å². The summed E-state index contributed by atoms with van der Waals surface area (Å²) in [6, 6.07) is -0.541.